The monoisotopic (exact) mass is 126 g/mol. The van der Waals surface area contributed by atoms with Crippen LogP contribution < -0.4 is 5.73 Å². The zero-order valence-electron chi connectivity index (χ0n) is 5.59. The van der Waals surface area contributed by atoms with E-state index in [1.54, 1.807) is 0 Å². The van der Waals surface area contributed by atoms with Gasteiger partial charge in [-0.3, -0.25) is 4.79 Å². The average molecular weight is 126 g/mol. The molecule has 0 aliphatic carbocycles. The number of nitrogens with two attached hydrogens (primary N) is 1. The Morgan fingerprint density at radius 2 is 2.00 bits per heavy atom. The average Bonchev–Trinajstić information content (AvgIpc) is 1.98. The van der Waals surface area contributed by atoms with E-state index < -0.39 is 0 Å². The molecule has 9 heavy (non-hydrogen) atoms. The van der Waals surface area contributed by atoms with Crippen LogP contribution in [0, 0.1) is 11.8 Å². The first kappa shape index (κ1) is 6.26. The molecule has 0 aromatic rings. The lowest BCUT2D eigenvalue weighted by Crippen LogP contribution is -2.21. The molecule has 2 N–H and O–H groups in total. The third-order valence-electron chi connectivity index (χ3n) is 1.85. The quantitative estimate of drug-likeness (QED) is 0.502. The van der Waals surface area contributed by atoms with Crippen LogP contribution in [0.25, 0.3) is 0 Å². The van der Waals surface area contributed by atoms with Gasteiger partial charge >= 0.3 is 0 Å². The van der Waals surface area contributed by atoms with Gasteiger partial charge in [-0.05, 0) is 0 Å². The zero-order valence-corrected chi connectivity index (χ0v) is 5.59. The van der Waals surface area contributed by atoms with Gasteiger partial charge in [0.25, 0.3) is 5.91 Å². The molecule has 1 heterocycles. The highest BCUT2D eigenvalue weighted by atomic mass is 16.1. The third kappa shape index (κ3) is 0.823. The summed E-state index contributed by atoms with van der Waals surface area (Å²) in [6.07, 6.45) is 0. The number of amides is 1. The minimum absolute atomic E-state index is 0.00926. The molecule has 0 fully saturated rings. The van der Waals surface area contributed by atoms with Gasteiger partial charge < -0.3 is 5.73 Å². The lowest BCUT2D eigenvalue weighted by atomic mass is 9.98. The summed E-state index contributed by atoms with van der Waals surface area (Å²) in [4.78, 5) is 14.3. The first-order valence-electron chi connectivity index (χ1n) is 3.01. The smallest absolute Gasteiger partial charge is 0.250 e. The van der Waals surface area contributed by atoms with Crippen LogP contribution in [0.1, 0.15) is 13.8 Å². The number of amidine groups is 1. The molecule has 2 unspecified atom stereocenters. The highest BCUT2D eigenvalue weighted by Gasteiger charge is 2.29. The molecule has 0 bridgehead atoms. The summed E-state index contributed by atoms with van der Waals surface area (Å²) < 4.78 is 0. The molecule has 2 atom stereocenters. The van der Waals surface area contributed by atoms with E-state index >= 15 is 0 Å². The molecule has 0 radical (unpaired) electrons. The van der Waals surface area contributed by atoms with Gasteiger partial charge in [0, 0.05) is 11.8 Å². The van der Waals surface area contributed by atoms with E-state index in [1.165, 1.54) is 0 Å². The number of carbonyl (C=O) groups is 1. The van der Waals surface area contributed by atoms with Crippen molar-refractivity contribution in [2.24, 2.45) is 22.6 Å². The van der Waals surface area contributed by atoms with E-state index in [-0.39, 0.29) is 17.7 Å². The summed E-state index contributed by atoms with van der Waals surface area (Å²) in [7, 11) is 0. The second-order valence-corrected chi connectivity index (χ2v) is 2.45. The van der Waals surface area contributed by atoms with Crippen molar-refractivity contribution >= 4 is 11.7 Å². The Hall–Kier alpha value is -0.860. The van der Waals surface area contributed by atoms with Gasteiger partial charge in [0.1, 0.15) is 5.84 Å². The van der Waals surface area contributed by atoms with E-state index in [0.717, 1.165) is 0 Å². The molecule has 0 saturated carbocycles. The Kier molecular flexibility index (Phi) is 1.27. The lowest BCUT2D eigenvalue weighted by Gasteiger charge is -2.04. The van der Waals surface area contributed by atoms with Crippen molar-refractivity contribution in [1.29, 1.82) is 0 Å². The minimum atomic E-state index is -0.0833. The molecular weight excluding hydrogens is 116 g/mol. The van der Waals surface area contributed by atoms with Crippen molar-refractivity contribution in [2.45, 2.75) is 13.8 Å². The minimum Gasteiger partial charge on any atom is -0.387 e. The molecule has 3 nitrogen and oxygen atoms in total. The van der Waals surface area contributed by atoms with Crippen LogP contribution in [0.5, 0.6) is 0 Å². The summed E-state index contributed by atoms with van der Waals surface area (Å²) in [5.41, 5.74) is 5.39. The first-order chi connectivity index (χ1) is 4.13. The van der Waals surface area contributed by atoms with Crippen LogP contribution in [0.2, 0.25) is 0 Å². The van der Waals surface area contributed by atoms with Crippen LogP contribution in [0.3, 0.4) is 0 Å². The molecular formula is C6H10N2O. The SMILES string of the molecule is CC1C(=O)N=C(N)C1C. The van der Waals surface area contributed by atoms with Gasteiger partial charge in [0.2, 0.25) is 0 Å². The number of aliphatic imine (C=N–C) groups is 1. The second-order valence-electron chi connectivity index (χ2n) is 2.45. The van der Waals surface area contributed by atoms with Gasteiger partial charge in [-0.25, -0.2) is 4.99 Å². The normalized spacial score (nSPS) is 34.9. The van der Waals surface area contributed by atoms with Crippen molar-refractivity contribution in [2.75, 3.05) is 0 Å². The van der Waals surface area contributed by atoms with E-state index in [9.17, 15) is 4.79 Å². The van der Waals surface area contributed by atoms with Gasteiger partial charge in [0.15, 0.2) is 0 Å². The summed E-state index contributed by atoms with van der Waals surface area (Å²) in [5, 5.41) is 0. The number of carbonyl (C=O) groups excluding carboxylic acids is 1. The summed E-state index contributed by atoms with van der Waals surface area (Å²) in [6.45, 7) is 3.75. The molecule has 0 aromatic carbocycles. The Balaban J connectivity index is 2.82. The highest BCUT2D eigenvalue weighted by molar-refractivity contribution is 6.02. The standard InChI is InChI=1S/C6H10N2O/c1-3-4(2)6(9)8-5(3)7/h3-4H,1-2H3,(H2,7,8,9). The summed E-state index contributed by atoms with van der Waals surface area (Å²) >= 11 is 0. The van der Waals surface area contributed by atoms with E-state index in [4.69, 9.17) is 5.73 Å². The number of rotatable bonds is 0. The largest absolute Gasteiger partial charge is 0.387 e. The summed E-state index contributed by atoms with van der Waals surface area (Å²) in [5.74, 6) is 0.523. The third-order valence-corrected chi connectivity index (χ3v) is 1.85. The fourth-order valence-corrected chi connectivity index (χ4v) is 0.801. The number of nitrogens with zero attached hydrogens (tertiary/aromatic N) is 1. The Bertz CT molecular complexity index is 174. The van der Waals surface area contributed by atoms with Crippen LogP contribution in [-0.4, -0.2) is 11.7 Å². The molecule has 1 rings (SSSR count). The van der Waals surface area contributed by atoms with Crippen molar-refractivity contribution in [3.8, 4) is 0 Å². The van der Waals surface area contributed by atoms with Crippen molar-refractivity contribution in [1.82, 2.24) is 0 Å². The molecule has 50 valence electrons. The maximum atomic E-state index is 10.7. The highest BCUT2D eigenvalue weighted by Crippen LogP contribution is 2.18. The molecule has 1 aliphatic rings. The topological polar surface area (TPSA) is 55.5 Å². The van der Waals surface area contributed by atoms with Gasteiger partial charge in [-0.15, -0.1) is 0 Å². The zero-order chi connectivity index (χ0) is 7.02. The second kappa shape index (κ2) is 1.83. The molecule has 0 aromatic heterocycles. The molecule has 1 aliphatic heterocycles. The van der Waals surface area contributed by atoms with E-state index in [0.29, 0.717) is 5.84 Å². The predicted molar refractivity (Wildman–Crippen MR) is 35.0 cm³/mol. The molecule has 1 amide bonds. The van der Waals surface area contributed by atoms with Crippen LogP contribution >= 0.6 is 0 Å². The Morgan fingerprint density at radius 1 is 1.44 bits per heavy atom. The fourth-order valence-electron chi connectivity index (χ4n) is 0.801. The van der Waals surface area contributed by atoms with Gasteiger partial charge in [0.05, 0.1) is 0 Å². The molecule has 3 heteroatoms. The Morgan fingerprint density at radius 3 is 2.11 bits per heavy atom. The van der Waals surface area contributed by atoms with Gasteiger partial charge in [-0.1, -0.05) is 13.8 Å². The maximum absolute atomic E-state index is 10.7. The van der Waals surface area contributed by atoms with Crippen molar-refractivity contribution in [3.63, 3.8) is 0 Å². The first-order valence-corrected chi connectivity index (χ1v) is 3.01. The number of hydrogen-bond acceptors (Lipinski definition) is 2. The van der Waals surface area contributed by atoms with Gasteiger partial charge in [-0.2, -0.15) is 0 Å². The summed E-state index contributed by atoms with van der Waals surface area (Å²) in [6, 6.07) is 0. The van der Waals surface area contributed by atoms with Crippen molar-refractivity contribution < 1.29 is 4.79 Å². The maximum Gasteiger partial charge on any atom is 0.250 e. The molecule has 0 saturated heterocycles. The fraction of sp³-hybridized carbons (Fsp3) is 0.667. The van der Waals surface area contributed by atoms with Crippen LogP contribution in [0.4, 0.5) is 0 Å². The Labute approximate surface area is 54.0 Å². The lowest BCUT2D eigenvalue weighted by molar-refractivity contribution is -0.120. The van der Waals surface area contributed by atoms with E-state index in [2.05, 4.69) is 4.99 Å². The predicted octanol–water partition coefficient (Wildman–Crippen LogP) is 0.156. The number of hydrogen-bond donors (Lipinski definition) is 1. The van der Waals surface area contributed by atoms with Crippen LogP contribution in [-0.2, 0) is 4.79 Å². The van der Waals surface area contributed by atoms with Crippen molar-refractivity contribution in [3.05, 3.63) is 0 Å². The molecule has 0 spiro atoms. The van der Waals surface area contributed by atoms with E-state index in [1.807, 2.05) is 13.8 Å². The van der Waals surface area contributed by atoms with Crippen LogP contribution in [0.15, 0.2) is 4.99 Å².